The molecule has 3 nitrogen and oxygen atoms in total. The quantitative estimate of drug-likeness (QED) is 0.785. The van der Waals surface area contributed by atoms with Crippen LogP contribution >= 0.6 is 11.3 Å². The molecule has 1 N–H and O–H groups in total. The zero-order chi connectivity index (χ0) is 14.9. The fourth-order valence-corrected chi connectivity index (χ4v) is 2.93. The first kappa shape index (κ1) is 14.2. The van der Waals surface area contributed by atoms with Gasteiger partial charge in [-0.2, -0.15) is 0 Å². The van der Waals surface area contributed by atoms with E-state index >= 15 is 0 Å². The van der Waals surface area contributed by atoms with Gasteiger partial charge in [0.25, 0.3) is 0 Å². The lowest BCUT2D eigenvalue weighted by Crippen LogP contribution is -2.34. The fourth-order valence-electron chi connectivity index (χ4n) is 2.08. The van der Waals surface area contributed by atoms with Gasteiger partial charge in [-0.05, 0) is 45.0 Å². The predicted octanol–water partition coefficient (Wildman–Crippen LogP) is 4.25. The SMILES string of the molecule is CC(C)(C)NCc1cnc(-c2ccc3ncccc3c2)s1. The summed E-state index contributed by atoms with van der Waals surface area (Å²) < 4.78 is 0. The molecule has 0 aliphatic carbocycles. The number of hydrogen-bond donors (Lipinski definition) is 1. The first-order valence-electron chi connectivity index (χ1n) is 7.06. The number of benzene rings is 1. The molecule has 0 radical (unpaired) electrons. The summed E-state index contributed by atoms with van der Waals surface area (Å²) in [6, 6.07) is 10.4. The van der Waals surface area contributed by atoms with Gasteiger partial charge in [-0.15, -0.1) is 11.3 Å². The van der Waals surface area contributed by atoms with Crippen molar-refractivity contribution in [3.63, 3.8) is 0 Å². The van der Waals surface area contributed by atoms with E-state index in [9.17, 15) is 0 Å². The molecule has 0 unspecified atom stereocenters. The number of nitrogens with one attached hydrogen (secondary N) is 1. The second kappa shape index (κ2) is 5.54. The van der Waals surface area contributed by atoms with Crippen molar-refractivity contribution in [3.8, 4) is 10.6 Å². The van der Waals surface area contributed by atoms with Crippen LogP contribution in [0.4, 0.5) is 0 Å². The van der Waals surface area contributed by atoms with Crippen LogP contribution in [-0.4, -0.2) is 15.5 Å². The van der Waals surface area contributed by atoms with Crippen LogP contribution in [0.25, 0.3) is 21.5 Å². The number of hydrogen-bond acceptors (Lipinski definition) is 4. The van der Waals surface area contributed by atoms with Crippen LogP contribution in [0.3, 0.4) is 0 Å². The van der Waals surface area contributed by atoms with E-state index in [0.717, 1.165) is 28.0 Å². The van der Waals surface area contributed by atoms with E-state index in [2.05, 4.69) is 60.3 Å². The van der Waals surface area contributed by atoms with E-state index in [4.69, 9.17) is 0 Å². The summed E-state index contributed by atoms with van der Waals surface area (Å²) in [5.74, 6) is 0. The highest BCUT2D eigenvalue weighted by Crippen LogP contribution is 2.27. The van der Waals surface area contributed by atoms with Crippen molar-refractivity contribution in [2.45, 2.75) is 32.9 Å². The maximum atomic E-state index is 4.55. The normalized spacial score (nSPS) is 12.0. The summed E-state index contributed by atoms with van der Waals surface area (Å²) in [7, 11) is 0. The van der Waals surface area contributed by atoms with E-state index in [0.29, 0.717) is 0 Å². The Morgan fingerprint density at radius 2 is 2.00 bits per heavy atom. The van der Waals surface area contributed by atoms with Gasteiger partial charge in [0.15, 0.2) is 0 Å². The predicted molar refractivity (Wildman–Crippen MR) is 89.4 cm³/mol. The fraction of sp³-hybridized carbons (Fsp3) is 0.294. The van der Waals surface area contributed by atoms with Gasteiger partial charge in [-0.3, -0.25) is 4.98 Å². The minimum atomic E-state index is 0.124. The van der Waals surface area contributed by atoms with Gasteiger partial charge in [-0.1, -0.05) is 6.07 Å². The molecule has 2 aromatic heterocycles. The molecule has 0 spiro atoms. The maximum Gasteiger partial charge on any atom is 0.123 e. The van der Waals surface area contributed by atoms with Gasteiger partial charge in [-0.25, -0.2) is 4.98 Å². The molecule has 2 heterocycles. The molecule has 21 heavy (non-hydrogen) atoms. The lowest BCUT2D eigenvalue weighted by molar-refractivity contribution is 0.426. The molecular weight excluding hydrogens is 278 g/mol. The number of aromatic nitrogens is 2. The Morgan fingerprint density at radius 1 is 1.14 bits per heavy atom. The van der Waals surface area contributed by atoms with E-state index < -0.39 is 0 Å². The second-order valence-electron chi connectivity index (χ2n) is 6.15. The van der Waals surface area contributed by atoms with Crippen LogP contribution in [0, 0.1) is 0 Å². The van der Waals surface area contributed by atoms with Crippen LogP contribution in [0.1, 0.15) is 25.6 Å². The zero-order valence-corrected chi connectivity index (χ0v) is 13.4. The van der Waals surface area contributed by atoms with E-state index in [1.54, 1.807) is 11.3 Å². The van der Waals surface area contributed by atoms with Gasteiger partial charge in [0.05, 0.1) is 5.52 Å². The molecule has 3 aromatic rings. The Hall–Kier alpha value is -1.78. The molecule has 0 fully saturated rings. The number of rotatable bonds is 3. The summed E-state index contributed by atoms with van der Waals surface area (Å²) in [6.07, 6.45) is 3.79. The van der Waals surface area contributed by atoms with Crippen LogP contribution in [0.15, 0.2) is 42.7 Å². The van der Waals surface area contributed by atoms with E-state index in [1.165, 1.54) is 4.88 Å². The third-order valence-corrected chi connectivity index (χ3v) is 4.24. The highest BCUT2D eigenvalue weighted by molar-refractivity contribution is 7.15. The Morgan fingerprint density at radius 3 is 2.81 bits per heavy atom. The van der Waals surface area contributed by atoms with Crippen molar-refractivity contribution >= 4 is 22.2 Å². The van der Waals surface area contributed by atoms with Crippen LogP contribution in [0.2, 0.25) is 0 Å². The first-order chi connectivity index (χ1) is 10.0. The highest BCUT2D eigenvalue weighted by Gasteiger charge is 2.11. The molecular formula is C17H19N3S. The van der Waals surface area contributed by atoms with Gasteiger partial charge >= 0.3 is 0 Å². The maximum absolute atomic E-state index is 4.55. The molecule has 0 aliphatic heterocycles. The Bertz CT molecular complexity index is 756. The summed E-state index contributed by atoms with van der Waals surface area (Å²) >= 11 is 1.74. The smallest absolute Gasteiger partial charge is 0.123 e. The lowest BCUT2D eigenvalue weighted by atomic mass is 10.1. The van der Waals surface area contributed by atoms with Crippen LogP contribution in [-0.2, 0) is 6.54 Å². The first-order valence-corrected chi connectivity index (χ1v) is 7.88. The lowest BCUT2D eigenvalue weighted by Gasteiger charge is -2.19. The van der Waals surface area contributed by atoms with Crippen molar-refractivity contribution in [2.24, 2.45) is 0 Å². The monoisotopic (exact) mass is 297 g/mol. The van der Waals surface area contributed by atoms with Gasteiger partial charge < -0.3 is 5.32 Å². The second-order valence-corrected chi connectivity index (χ2v) is 7.26. The molecule has 0 amide bonds. The van der Waals surface area contributed by atoms with Crippen LogP contribution in [0.5, 0.6) is 0 Å². The Balaban J connectivity index is 1.84. The van der Waals surface area contributed by atoms with E-state index in [-0.39, 0.29) is 5.54 Å². The number of pyridine rings is 1. The van der Waals surface area contributed by atoms with Gasteiger partial charge in [0, 0.05) is 40.3 Å². The number of fused-ring (bicyclic) bond motifs is 1. The topological polar surface area (TPSA) is 37.8 Å². The molecule has 1 aromatic carbocycles. The van der Waals surface area contributed by atoms with Gasteiger partial charge in [0.1, 0.15) is 5.01 Å². The zero-order valence-electron chi connectivity index (χ0n) is 12.6. The largest absolute Gasteiger partial charge is 0.307 e. The highest BCUT2D eigenvalue weighted by atomic mass is 32.1. The standard InChI is InChI=1S/C17H19N3S/c1-17(2,3)20-11-14-10-19-16(21-14)13-6-7-15-12(9-13)5-4-8-18-15/h4-10,20H,11H2,1-3H3. The summed E-state index contributed by atoms with van der Waals surface area (Å²) in [6.45, 7) is 7.37. The molecule has 0 saturated heterocycles. The summed E-state index contributed by atoms with van der Waals surface area (Å²) in [5.41, 5.74) is 2.30. The van der Waals surface area contributed by atoms with Crippen molar-refractivity contribution in [2.75, 3.05) is 0 Å². The molecule has 0 saturated carbocycles. The molecule has 0 bridgehead atoms. The average Bonchev–Trinajstić information content (AvgIpc) is 2.93. The van der Waals surface area contributed by atoms with E-state index in [1.807, 2.05) is 18.5 Å². The Labute approximate surface area is 129 Å². The average molecular weight is 297 g/mol. The van der Waals surface area contributed by atoms with Crippen molar-refractivity contribution in [1.29, 1.82) is 0 Å². The number of nitrogens with zero attached hydrogens (tertiary/aromatic N) is 2. The van der Waals surface area contributed by atoms with Crippen molar-refractivity contribution < 1.29 is 0 Å². The molecule has 108 valence electrons. The summed E-state index contributed by atoms with van der Waals surface area (Å²) in [4.78, 5) is 10.2. The summed E-state index contributed by atoms with van der Waals surface area (Å²) in [5, 5.41) is 5.71. The number of thiazole rings is 1. The minimum absolute atomic E-state index is 0.124. The third kappa shape index (κ3) is 3.46. The molecule has 4 heteroatoms. The minimum Gasteiger partial charge on any atom is -0.307 e. The molecule has 0 atom stereocenters. The third-order valence-electron chi connectivity index (χ3n) is 3.20. The molecule has 3 rings (SSSR count). The Kier molecular flexibility index (Phi) is 3.74. The molecule has 0 aliphatic rings. The van der Waals surface area contributed by atoms with Gasteiger partial charge in [0.2, 0.25) is 0 Å². The van der Waals surface area contributed by atoms with Crippen molar-refractivity contribution in [1.82, 2.24) is 15.3 Å². The van der Waals surface area contributed by atoms with Crippen LogP contribution < -0.4 is 5.32 Å². The van der Waals surface area contributed by atoms with Crippen molar-refractivity contribution in [3.05, 3.63) is 47.6 Å².